The third-order valence-corrected chi connectivity index (χ3v) is 4.58. The minimum atomic E-state index is -0.583. The number of methoxy groups -OCH3 is 1. The number of carbonyl (C=O) groups is 1. The van der Waals surface area contributed by atoms with E-state index in [0.717, 1.165) is 30.9 Å². The number of hydrogen-bond acceptors (Lipinski definition) is 4. The lowest BCUT2D eigenvalue weighted by Gasteiger charge is -2.21. The Kier molecular flexibility index (Phi) is 11.3. The van der Waals surface area contributed by atoms with Gasteiger partial charge in [0, 0.05) is 26.6 Å². The van der Waals surface area contributed by atoms with Gasteiger partial charge in [0.2, 0.25) is 5.91 Å². The van der Waals surface area contributed by atoms with Crippen molar-refractivity contribution in [3.8, 4) is 5.75 Å². The lowest BCUT2D eigenvalue weighted by molar-refractivity contribution is -0.128. The summed E-state index contributed by atoms with van der Waals surface area (Å²) in [5.74, 6) is 2.41. The van der Waals surface area contributed by atoms with Crippen LogP contribution in [0.3, 0.4) is 0 Å². The number of aliphatic imine (C=N–C) groups is 1. The minimum absolute atomic E-state index is 0. The molecule has 0 aliphatic carbocycles. The number of benzene rings is 1. The molecular formula is C22H33IN4O3. The summed E-state index contributed by atoms with van der Waals surface area (Å²) in [4.78, 5) is 16.6. The van der Waals surface area contributed by atoms with Crippen LogP contribution in [-0.2, 0) is 17.6 Å². The van der Waals surface area contributed by atoms with Crippen molar-refractivity contribution in [3.63, 3.8) is 0 Å². The number of rotatable bonds is 10. The van der Waals surface area contributed by atoms with Crippen LogP contribution in [0.25, 0.3) is 0 Å². The maximum absolute atomic E-state index is 12.0. The van der Waals surface area contributed by atoms with Gasteiger partial charge in [-0.3, -0.25) is 9.79 Å². The van der Waals surface area contributed by atoms with Crippen molar-refractivity contribution in [1.82, 2.24) is 16.0 Å². The van der Waals surface area contributed by atoms with Gasteiger partial charge in [0.25, 0.3) is 0 Å². The third kappa shape index (κ3) is 8.64. The fraction of sp³-hybridized carbons (Fsp3) is 0.455. The third-order valence-electron chi connectivity index (χ3n) is 4.58. The second-order valence-corrected chi connectivity index (χ2v) is 7.41. The van der Waals surface area contributed by atoms with Crippen LogP contribution in [0.5, 0.6) is 5.75 Å². The first-order valence-electron chi connectivity index (χ1n) is 9.84. The van der Waals surface area contributed by atoms with E-state index in [2.05, 4.69) is 33.1 Å². The number of halogens is 1. The Bertz CT molecular complexity index is 774. The number of amides is 1. The second kappa shape index (κ2) is 13.1. The van der Waals surface area contributed by atoms with Gasteiger partial charge >= 0.3 is 0 Å². The lowest BCUT2D eigenvalue weighted by Crippen LogP contribution is -2.42. The summed E-state index contributed by atoms with van der Waals surface area (Å²) in [5.41, 5.74) is 0.624. The molecule has 30 heavy (non-hydrogen) atoms. The molecule has 0 saturated heterocycles. The summed E-state index contributed by atoms with van der Waals surface area (Å²) < 4.78 is 10.6. The van der Waals surface area contributed by atoms with Gasteiger partial charge in [-0.2, -0.15) is 0 Å². The van der Waals surface area contributed by atoms with Crippen molar-refractivity contribution in [3.05, 3.63) is 54.0 Å². The molecule has 2 aromatic rings. The average molecular weight is 528 g/mol. The molecule has 1 amide bonds. The standard InChI is InChI=1S/C22H32N4O3.HI/c1-22(2,20(27)23-3)16-26-21(25-14-12-19-6-5-15-29-19)24-13-11-17-7-9-18(28-4)10-8-17;/h5-10,15H,11-14,16H2,1-4H3,(H,23,27)(H2,24,25,26);1H. The Balaban J connectivity index is 0.00000450. The summed E-state index contributed by atoms with van der Waals surface area (Å²) in [6, 6.07) is 11.8. The summed E-state index contributed by atoms with van der Waals surface area (Å²) in [5, 5.41) is 9.36. The minimum Gasteiger partial charge on any atom is -0.497 e. The highest BCUT2D eigenvalue weighted by Crippen LogP contribution is 2.15. The van der Waals surface area contributed by atoms with Gasteiger partial charge in [0.1, 0.15) is 11.5 Å². The van der Waals surface area contributed by atoms with Gasteiger partial charge in [0.05, 0.1) is 25.3 Å². The maximum atomic E-state index is 12.0. The number of carbonyl (C=O) groups excluding carboxylic acids is 1. The molecule has 1 heterocycles. The molecule has 0 radical (unpaired) electrons. The van der Waals surface area contributed by atoms with Crippen LogP contribution in [-0.4, -0.2) is 45.7 Å². The molecule has 0 fully saturated rings. The molecule has 0 unspecified atom stereocenters. The molecule has 0 aliphatic rings. The van der Waals surface area contributed by atoms with Crippen LogP contribution in [0.15, 0.2) is 52.1 Å². The van der Waals surface area contributed by atoms with E-state index in [1.807, 2.05) is 38.1 Å². The van der Waals surface area contributed by atoms with Crippen molar-refractivity contribution in [2.24, 2.45) is 10.4 Å². The van der Waals surface area contributed by atoms with Gasteiger partial charge in [-0.05, 0) is 50.1 Å². The highest BCUT2D eigenvalue weighted by molar-refractivity contribution is 14.0. The van der Waals surface area contributed by atoms with Crippen molar-refractivity contribution in [2.45, 2.75) is 26.7 Å². The number of furan rings is 1. The average Bonchev–Trinajstić information content (AvgIpc) is 3.25. The Morgan fingerprint density at radius 2 is 1.77 bits per heavy atom. The Labute approximate surface area is 196 Å². The Morgan fingerprint density at radius 3 is 2.33 bits per heavy atom. The molecule has 1 aromatic carbocycles. The van der Waals surface area contributed by atoms with E-state index < -0.39 is 5.41 Å². The van der Waals surface area contributed by atoms with E-state index in [4.69, 9.17) is 9.15 Å². The van der Waals surface area contributed by atoms with Gasteiger partial charge in [-0.25, -0.2) is 0 Å². The molecule has 2 rings (SSSR count). The topological polar surface area (TPSA) is 87.9 Å². The highest BCUT2D eigenvalue weighted by Gasteiger charge is 2.26. The van der Waals surface area contributed by atoms with Crippen LogP contribution in [0.4, 0.5) is 0 Å². The van der Waals surface area contributed by atoms with Crippen LogP contribution >= 0.6 is 24.0 Å². The smallest absolute Gasteiger partial charge is 0.227 e. The van der Waals surface area contributed by atoms with Crippen LogP contribution in [0.1, 0.15) is 25.2 Å². The molecular weight excluding hydrogens is 495 g/mol. The van der Waals surface area contributed by atoms with Gasteiger partial charge in [-0.1, -0.05) is 12.1 Å². The number of ether oxygens (including phenoxy) is 1. The largest absolute Gasteiger partial charge is 0.497 e. The second-order valence-electron chi connectivity index (χ2n) is 7.41. The maximum Gasteiger partial charge on any atom is 0.227 e. The van der Waals surface area contributed by atoms with E-state index >= 15 is 0 Å². The molecule has 7 nitrogen and oxygen atoms in total. The molecule has 0 saturated carbocycles. The number of nitrogens with one attached hydrogen (secondary N) is 3. The van der Waals surface area contributed by atoms with Gasteiger partial charge < -0.3 is 25.1 Å². The molecule has 0 aliphatic heterocycles. The Hall–Kier alpha value is -2.23. The monoisotopic (exact) mass is 528 g/mol. The van der Waals surface area contributed by atoms with E-state index in [-0.39, 0.29) is 29.9 Å². The van der Waals surface area contributed by atoms with Crippen molar-refractivity contribution in [1.29, 1.82) is 0 Å². The van der Waals surface area contributed by atoms with Crippen LogP contribution < -0.4 is 20.7 Å². The lowest BCUT2D eigenvalue weighted by atomic mass is 9.93. The molecule has 8 heteroatoms. The normalized spacial score (nSPS) is 11.4. The predicted octanol–water partition coefficient (Wildman–Crippen LogP) is 3.00. The number of nitrogens with zero attached hydrogens (tertiary/aromatic N) is 1. The SMILES string of the molecule is CNC(=O)C(C)(C)CN=C(NCCc1ccc(OC)cc1)NCCc1ccco1.I. The van der Waals surface area contributed by atoms with Crippen LogP contribution in [0, 0.1) is 5.41 Å². The van der Waals surface area contributed by atoms with E-state index in [9.17, 15) is 4.79 Å². The molecule has 0 spiro atoms. The van der Waals surface area contributed by atoms with E-state index in [1.54, 1.807) is 20.4 Å². The molecule has 3 N–H and O–H groups in total. The first-order valence-corrected chi connectivity index (χ1v) is 9.84. The summed E-state index contributed by atoms with van der Waals surface area (Å²) >= 11 is 0. The van der Waals surface area contributed by atoms with E-state index in [1.165, 1.54) is 5.56 Å². The highest BCUT2D eigenvalue weighted by atomic mass is 127. The predicted molar refractivity (Wildman–Crippen MR) is 131 cm³/mol. The number of hydrogen-bond donors (Lipinski definition) is 3. The van der Waals surface area contributed by atoms with Gasteiger partial charge in [0.15, 0.2) is 5.96 Å². The van der Waals surface area contributed by atoms with Crippen LogP contribution in [0.2, 0.25) is 0 Å². The first-order chi connectivity index (χ1) is 13.9. The fourth-order valence-electron chi connectivity index (χ4n) is 2.74. The van der Waals surface area contributed by atoms with Crippen molar-refractivity contribution >= 4 is 35.8 Å². The number of guanidine groups is 1. The molecule has 166 valence electrons. The first kappa shape index (κ1) is 25.8. The molecule has 1 aromatic heterocycles. The molecule has 0 atom stereocenters. The summed E-state index contributed by atoms with van der Waals surface area (Å²) in [7, 11) is 3.30. The zero-order valence-corrected chi connectivity index (χ0v) is 20.5. The fourth-order valence-corrected chi connectivity index (χ4v) is 2.74. The quantitative estimate of drug-likeness (QED) is 0.251. The molecule has 0 bridgehead atoms. The summed E-state index contributed by atoms with van der Waals surface area (Å²) in [6.07, 6.45) is 3.27. The van der Waals surface area contributed by atoms with E-state index in [0.29, 0.717) is 19.0 Å². The van der Waals surface area contributed by atoms with Crippen molar-refractivity contribution in [2.75, 3.05) is 33.8 Å². The summed E-state index contributed by atoms with van der Waals surface area (Å²) in [6.45, 7) is 5.55. The zero-order valence-electron chi connectivity index (χ0n) is 18.2. The van der Waals surface area contributed by atoms with Crippen molar-refractivity contribution < 1.29 is 13.9 Å². The van der Waals surface area contributed by atoms with Gasteiger partial charge in [-0.15, -0.1) is 24.0 Å². The zero-order chi connectivity index (χ0) is 21.1. The Morgan fingerprint density at radius 1 is 1.10 bits per heavy atom.